The minimum atomic E-state index is -0.399. The van der Waals surface area contributed by atoms with Crippen molar-refractivity contribution in [3.63, 3.8) is 0 Å². The van der Waals surface area contributed by atoms with Crippen molar-refractivity contribution in [1.82, 2.24) is 15.1 Å². The summed E-state index contributed by atoms with van der Waals surface area (Å²) in [5.41, 5.74) is 6.82. The van der Waals surface area contributed by atoms with Crippen molar-refractivity contribution in [3.05, 3.63) is 11.3 Å². The van der Waals surface area contributed by atoms with Gasteiger partial charge in [-0.2, -0.15) is 5.10 Å². The molecule has 118 valence electrons. The highest BCUT2D eigenvalue weighted by Gasteiger charge is 2.26. The molecule has 1 aliphatic rings. The molecule has 2 heterocycles. The van der Waals surface area contributed by atoms with Crippen LogP contribution in [0, 0.1) is 12.8 Å². The summed E-state index contributed by atoms with van der Waals surface area (Å²) in [7, 11) is 1.88. The van der Waals surface area contributed by atoms with E-state index in [0.717, 1.165) is 25.5 Å². The van der Waals surface area contributed by atoms with Gasteiger partial charge in [-0.1, -0.05) is 13.8 Å². The Labute approximate surface area is 126 Å². The van der Waals surface area contributed by atoms with E-state index in [2.05, 4.69) is 29.2 Å². The molecular weight excluding hydrogens is 266 g/mol. The highest BCUT2D eigenvalue weighted by molar-refractivity contribution is 5.99. The van der Waals surface area contributed by atoms with Crippen LogP contribution >= 0.6 is 0 Å². The van der Waals surface area contributed by atoms with Crippen molar-refractivity contribution < 1.29 is 4.79 Å². The van der Waals surface area contributed by atoms with Gasteiger partial charge in [0, 0.05) is 26.2 Å². The van der Waals surface area contributed by atoms with E-state index in [1.165, 1.54) is 12.8 Å². The zero-order valence-electron chi connectivity index (χ0n) is 13.5. The fraction of sp³-hybridized carbons (Fsp3) is 0.733. The Morgan fingerprint density at radius 2 is 2.29 bits per heavy atom. The summed E-state index contributed by atoms with van der Waals surface area (Å²) >= 11 is 0. The van der Waals surface area contributed by atoms with Crippen molar-refractivity contribution in [2.45, 2.75) is 39.7 Å². The third kappa shape index (κ3) is 3.56. The normalized spacial score (nSPS) is 18.4. The first-order valence-electron chi connectivity index (χ1n) is 7.71. The van der Waals surface area contributed by atoms with E-state index in [1.54, 1.807) is 4.68 Å². The molecule has 0 radical (unpaired) electrons. The molecule has 0 aromatic carbocycles. The zero-order valence-corrected chi connectivity index (χ0v) is 13.5. The number of anilines is 1. The molecule has 0 aliphatic carbocycles. The van der Waals surface area contributed by atoms with Crippen LogP contribution in [0.3, 0.4) is 0 Å². The molecule has 1 aliphatic heterocycles. The van der Waals surface area contributed by atoms with E-state index in [9.17, 15) is 4.79 Å². The van der Waals surface area contributed by atoms with E-state index in [-0.39, 0.29) is 0 Å². The highest BCUT2D eigenvalue weighted by atomic mass is 16.1. The zero-order chi connectivity index (χ0) is 15.6. The van der Waals surface area contributed by atoms with Gasteiger partial charge in [-0.15, -0.1) is 0 Å². The predicted molar refractivity (Wildman–Crippen MR) is 84.5 cm³/mol. The molecule has 1 aromatic rings. The quantitative estimate of drug-likeness (QED) is 0.822. The summed E-state index contributed by atoms with van der Waals surface area (Å²) in [5.74, 6) is 0.952. The van der Waals surface area contributed by atoms with Crippen LogP contribution < -0.4 is 16.0 Å². The number of hydrogen-bond donors (Lipinski definition) is 2. The SMILES string of the molecule is Cc1nn(C)c(N(CC(C)C)CC2CCCN2)c1C(N)=O. The Balaban J connectivity index is 2.33. The van der Waals surface area contributed by atoms with Crippen LogP contribution in [0.4, 0.5) is 5.82 Å². The molecule has 1 atom stereocenters. The van der Waals surface area contributed by atoms with Crippen molar-refractivity contribution in [2.75, 3.05) is 24.5 Å². The number of hydrogen-bond acceptors (Lipinski definition) is 4. The van der Waals surface area contributed by atoms with Gasteiger partial charge in [-0.25, -0.2) is 0 Å². The Morgan fingerprint density at radius 1 is 1.57 bits per heavy atom. The van der Waals surface area contributed by atoms with Crippen LogP contribution in [-0.2, 0) is 7.05 Å². The third-order valence-corrected chi connectivity index (χ3v) is 3.93. The Hall–Kier alpha value is -1.56. The molecular formula is C15H27N5O. The van der Waals surface area contributed by atoms with Gasteiger partial charge in [0.05, 0.1) is 5.69 Å². The predicted octanol–water partition coefficient (Wildman–Crippen LogP) is 1.04. The number of aryl methyl sites for hydroxylation is 2. The third-order valence-electron chi connectivity index (χ3n) is 3.93. The molecule has 1 unspecified atom stereocenters. The lowest BCUT2D eigenvalue weighted by atomic mass is 10.1. The van der Waals surface area contributed by atoms with Crippen LogP contribution in [0.25, 0.3) is 0 Å². The summed E-state index contributed by atoms with van der Waals surface area (Å²) in [6.45, 7) is 9.05. The molecule has 21 heavy (non-hydrogen) atoms. The van der Waals surface area contributed by atoms with Crippen LogP contribution in [0.2, 0.25) is 0 Å². The van der Waals surface area contributed by atoms with E-state index >= 15 is 0 Å². The van der Waals surface area contributed by atoms with Gasteiger partial charge < -0.3 is 16.0 Å². The second-order valence-electron chi connectivity index (χ2n) is 6.36. The Bertz CT molecular complexity index is 502. The van der Waals surface area contributed by atoms with Crippen LogP contribution in [0.5, 0.6) is 0 Å². The maximum Gasteiger partial charge on any atom is 0.254 e. The second-order valence-corrected chi connectivity index (χ2v) is 6.36. The average molecular weight is 293 g/mol. The summed E-state index contributed by atoms with van der Waals surface area (Å²) in [6.07, 6.45) is 2.39. The summed E-state index contributed by atoms with van der Waals surface area (Å²) < 4.78 is 1.78. The maximum absolute atomic E-state index is 11.8. The van der Waals surface area contributed by atoms with Gasteiger partial charge in [0.1, 0.15) is 11.4 Å². The lowest BCUT2D eigenvalue weighted by Gasteiger charge is -2.30. The number of carbonyl (C=O) groups excluding carboxylic acids is 1. The molecule has 6 heteroatoms. The average Bonchev–Trinajstić information content (AvgIpc) is 2.95. The number of carbonyl (C=O) groups is 1. The minimum absolute atomic E-state index is 0.399. The standard InChI is InChI=1S/C15H27N5O/c1-10(2)8-20(9-12-6-5-7-17-12)15-13(14(16)21)11(3)18-19(15)4/h10,12,17H,5-9H2,1-4H3,(H2,16,21). The van der Waals surface area contributed by atoms with Crippen molar-refractivity contribution in [3.8, 4) is 0 Å². The van der Waals surface area contributed by atoms with Crippen LogP contribution in [-0.4, -0.2) is 41.4 Å². The lowest BCUT2D eigenvalue weighted by molar-refractivity contribution is 0.1000. The molecule has 3 N–H and O–H groups in total. The largest absolute Gasteiger partial charge is 0.365 e. The van der Waals surface area contributed by atoms with Crippen molar-refractivity contribution in [2.24, 2.45) is 18.7 Å². The number of amides is 1. The minimum Gasteiger partial charge on any atom is -0.365 e. The first kappa shape index (κ1) is 15.8. The highest BCUT2D eigenvalue weighted by Crippen LogP contribution is 2.25. The summed E-state index contributed by atoms with van der Waals surface area (Å²) in [5, 5.41) is 7.91. The second kappa shape index (κ2) is 6.47. The number of nitrogens with two attached hydrogens (primary N) is 1. The fourth-order valence-corrected chi connectivity index (χ4v) is 3.16. The van der Waals surface area contributed by atoms with Gasteiger partial charge in [0.15, 0.2) is 0 Å². The number of primary amides is 1. The van der Waals surface area contributed by atoms with Gasteiger partial charge in [-0.3, -0.25) is 9.48 Å². The first-order valence-corrected chi connectivity index (χ1v) is 7.71. The van der Waals surface area contributed by atoms with Gasteiger partial charge in [0.25, 0.3) is 5.91 Å². The molecule has 6 nitrogen and oxygen atoms in total. The molecule has 1 saturated heterocycles. The van der Waals surface area contributed by atoms with Crippen LogP contribution in [0.15, 0.2) is 0 Å². The fourth-order valence-electron chi connectivity index (χ4n) is 3.16. The van der Waals surface area contributed by atoms with Gasteiger partial charge >= 0.3 is 0 Å². The number of nitrogens with zero attached hydrogens (tertiary/aromatic N) is 3. The van der Waals surface area contributed by atoms with Crippen molar-refractivity contribution >= 4 is 11.7 Å². The van der Waals surface area contributed by atoms with E-state index < -0.39 is 5.91 Å². The first-order chi connectivity index (χ1) is 9.90. The Kier molecular flexibility index (Phi) is 4.88. The Morgan fingerprint density at radius 3 is 2.81 bits per heavy atom. The lowest BCUT2D eigenvalue weighted by Crippen LogP contribution is -2.41. The van der Waals surface area contributed by atoms with E-state index in [0.29, 0.717) is 23.2 Å². The van der Waals surface area contributed by atoms with Gasteiger partial charge in [-0.05, 0) is 32.2 Å². The molecule has 2 rings (SSSR count). The number of nitrogens with one attached hydrogen (secondary N) is 1. The molecule has 1 fully saturated rings. The van der Waals surface area contributed by atoms with E-state index in [4.69, 9.17) is 5.73 Å². The van der Waals surface area contributed by atoms with E-state index in [1.807, 2.05) is 14.0 Å². The van der Waals surface area contributed by atoms with Gasteiger partial charge in [0.2, 0.25) is 0 Å². The molecule has 1 amide bonds. The van der Waals surface area contributed by atoms with Crippen molar-refractivity contribution in [1.29, 1.82) is 0 Å². The summed E-state index contributed by atoms with van der Waals surface area (Å²) in [4.78, 5) is 14.1. The molecule has 0 saturated carbocycles. The number of aromatic nitrogens is 2. The summed E-state index contributed by atoms with van der Waals surface area (Å²) in [6, 6.07) is 0.472. The molecule has 0 spiro atoms. The van der Waals surface area contributed by atoms with Crippen LogP contribution in [0.1, 0.15) is 42.7 Å². The molecule has 1 aromatic heterocycles. The smallest absolute Gasteiger partial charge is 0.254 e. The monoisotopic (exact) mass is 293 g/mol. The topological polar surface area (TPSA) is 76.2 Å². The number of rotatable bonds is 6. The molecule has 0 bridgehead atoms. The maximum atomic E-state index is 11.8.